The SMILES string of the molecule is Cc1nnc(-c2cc3ccccc3n2C2CCCC2)o1. The molecule has 0 saturated heterocycles. The maximum Gasteiger partial charge on any atom is 0.264 e. The largest absolute Gasteiger partial charge is 0.420 e. The van der Waals surface area contributed by atoms with E-state index in [1.54, 1.807) is 0 Å². The molecule has 1 aliphatic carbocycles. The zero-order valence-corrected chi connectivity index (χ0v) is 11.5. The minimum Gasteiger partial charge on any atom is -0.420 e. The van der Waals surface area contributed by atoms with Crippen LogP contribution in [0.2, 0.25) is 0 Å². The molecule has 3 aromatic rings. The Morgan fingerprint density at radius 2 is 1.95 bits per heavy atom. The van der Waals surface area contributed by atoms with E-state index in [9.17, 15) is 0 Å². The lowest BCUT2D eigenvalue weighted by Crippen LogP contribution is -2.06. The maximum absolute atomic E-state index is 5.66. The van der Waals surface area contributed by atoms with Crippen molar-refractivity contribution in [3.8, 4) is 11.6 Å². The summed E-state index contributed by atoms with van der Waals surface area (Å²) in [5, 5.41) is 9.42. The highest BCUT2D eigenvalue weighted by Crippen LogP contribution is 2.37. The highest BCUT2D eigenvalue weighted by molar-refractivity contribution is 5.85. The molecule has 1 saturated carbocycles. The van der Waals surface area contributed by atoms with E-state index in [0.29, 0.717) is 17.8 Å². The van der Waals surface area contributed by atoms with E-state index in [-0.39, 0.29) is 0 Å². The molecule has 4 heteroatoms. The van der Waals surface area contributed by atoms with E-state index in [1.165, 1.54) is 36.6 Å². The molecule has 1 fully saturated rings. The predicted octanol–water partition coefficient (Wildman–Crippen LogP) is 4.11. The Hall–Kier alpha value is -2.10. The van der Waals surface area contributed by atoms with Crippen molar-refractivity contribution in [1.82, 2.24) is 14.8 Å². The van der Waals surface area contributed by atoms with Crippen molar-refractivity contribution in [2.24, 2.45) is 0 Å². The summed E-state index contributed by atoms with van der Waals surface area (Å²) in [4.78, 5) is 0. The monoisotopic (exact) mass is 267 g/mol. The molecule has 1 aromatic carbocycles. The first-order valence-electron chi connectivity index (χ1n) is 7.23. The first kappa shape index (κ1) is 11.7. The highest BCUT2D eigenvalue weighted by Gasteiger charge is 2.24. The number of para-hydroxylation sites is 1. The average Bonchev–Trinajstić information content (AvgIpc) is 3.15. The van der Waals surface area contributed by atoms with E-state index in [1.807, 2.05) is 6.92 Å². The topological polar surface area (TPSA) is 43.9 Å². The highest BCUT2D eigenvalue weighted by atomic mass is 16.4. The smallest absolute Gasteiger partial charge is 0.264 e. The van der Waals surface area contributed by atoms with Crippen molar-refractivity contribution in [3.63, 3.8) is 0 Å². The van der Waals surface area contributed by atoms with Crippen molar-refractivity contribution < 1.29 is 4.42 Å². The minimum atomic E-state index is 0.553. The number of aromatic nitrogens is 3. The summed E-state index contributed by atoms with van der Waals surface area (Å²) < 4.78 is 8.05. The molecule has 2 aromatic heterocycles. The van der Waals surface area contributed by atoms with Crippen LogP contribution in [0.15, 0.2) is 34.7 Å². The van der Waals surface area contributed by atoms with E-state index in [4.69, 9.17) is 4.42 Å². The maximum atomic E-state index is 5.66. The van der Waals surface area contributed by atoms with Crippen LogP contribution >= 0.6 is 0 Å². The molecule has 4 nitrogen and oxygen atoms in total. The molecule has 2 heterocycles. The van der Waals surface area contributed by atoms with Crippen molar-refractivity contribution >= 4 is 10.9 Å². The number of benzene rings is 1. The van der Waals surface area contributed by atoms with Crippen molar-refractivity contribution in [1.29, 1.82) is 0 Å². The zero-order valence-electron chi connectivity index (χ0n) is 11.5. The van der Waals surface area contributed by atoms with Gasteiger partial charge in [0.05, 0.1) is 0 Å². The van der Waals surface area contributed by atoms with E-state index < -0.39 is 0 Å². The van der Waals surface area contributed by atoms with E-state index in [0.717, 1.165) is 5.69 Å². The summed E-state index contributed by atoms with van der Waals surface area (Å²) in [5.74, 6) is 1.24. The third-order valence-corrected chi connectivity index (χ3v) is 4.18. The van der Waals surface area contributed by atoms with Gasteiger partial charge in [-0.15, -0.1) is 10.2 Å². The number of nitrogens with zero attached hydrogens (tertiary/aromatic N) is 3. The average molecular weight is 267 g/mol. The second-order valence-electron chi connectivity index (χ2n) is 5.52. The van der Waals surface area contributed by atoms with Gasteiger partial charge in [0.25, 0.3) is 5.89 Å². The lowest BCUT2D eigenvalue weighted by Gasteiger charge is -2.16. The molecule has 0 unspecified atom stereocenters. The van der Waals surface area contributed by atoms with Gasteiger partial charge in [0.2, 0.25) is 5.89 Å². The van der Waals surface area contributed by atoms with Gasteiger partial charge in [0.1, 0.15) is 5.69 Å². The number of fused-ring (bicyclic) bond motifs is 1. The fourth-order valence-corrected chi connectivity index (χ4v) is 3.30. The first-order chi connectivity index (χ1) is 9.83. The van der Waals surface area contributed by atoms with Gasteiger partial charge in [-0.2, -0.15) is 0 Å². The molecule has 20 heavy (non-hydrogen) atoms. The Morgan fingerprint density at radius 1 is 1.15 bits per heavy atom. The van der Waals surface area contributed by atoms with Gasteiger partial charge < -0.3 is 8.98 Å². The normalized spacial score (nSPS) is 16.2. The number of hydrogen-bond acceptors (Lipinski definition) is 3. The molecule has 0 radical (unpaired) electrons. The molecular formula is C16H17N3O. The second-order valence-corrected chi connectivity index (χ2v) is 5.52. The molecule has 0 atom stereocenters. The molecule has 0 amide bonds. The standard InChI is InChI=1S/C16H17N3O/c1-11-17-18-16(20-11)15-10-12-6-2-5-9-14(12)19(15)13-7-3-4-8-13/h2,5-6,9-10,13H,3-4,7-8H2,1H3. The Kier molecular flexibility index (Phi) is 2.62. The molecule has 0 spiro atoms. The predicted molar refractivity (Wildman–Crippen MR) is 77.5 cm³/mol. The van der Waals surface area contributed by atoms with Gasteiger partial charge in [-0.1, -0.05) is 31.0 Å². The van der Waals surface area contributed by atoms with Crippen molar-refractivity contribution in [3.05, 3.63) is 36.2 Å². The van der Waals surface area contributed by atoms with Crippen molar-refractivity contribution in [2.45, 2.75) is 38.6 Å². The lowest BCUT2D eigenvalue weighted by molar-refractivity contribution is 0.504. The van der Waals surface area contributed by atoms with E-state index >= 15 is 0 Å². The van der Waals surface area contributed by atoms with Gasteiger partial charge in [0.15, 0.2) is 0 Å². The Bertz CT molecular complexity index is 750. The van der Waals surface area contributed by atoms with Crippen LogP contribution in [0.1, 0.15) is 37.6 Å². The van der Waals surface area contributed by atoms with Crippen LogP contribution in [0.3, 0.4) is 0 Å². The molecule has 1 aliphatic rings. The summed E-state index contributed by atoms with van der Waals surface area (Å²) >= 11 is 0. The molecule has 0 N–H and O–H groups in total. The summed E-state index contributed by atoms with van der Waals surface area (Å²) in [6.45, 7) is 1.83. The molecule has 0 aliphatic heterocycles. The zero-order chi connectivity index (χ0) is 13.5. The van der Waals surface area contributed by atoms with Crippen LogP contribution in [0.5, 0.6) is 0 Å². The van der Waals surface area contributed by atoms with Crippen molar-refractivity contribution in [2.75, 3.05) is 0 Å². The van der Waals surface area contributed by atoms with Gasteiger partial charge in [0, 0.05) is 23.9 Å². The van der Waals surface area contributed by atoms with Crippen LogP contribution < -0.4 is 0 Å². The summed E-state index contributed by atoms with van der Waals surface area (Å²) in [6, 6.07) is 11.2. The quantitative estimate of drug-likeness (QED) is 0.701. The number of rotatable bonds is 2. The van der Waals surface area contributed by atoms with Gasteiger partial charge in [-0.05, 0) is 25.0 Å². The summed E-state index contributed by atoms with van der Waals surface area (Å²) in [7, 11) is 0. The van der Waals surface area contributed by atoms with Gasteiger partial charge in [-0.25, -0.2) is 0 Å². The van der Waals surface area contributed by atoms with Crippen LogP contribution in [0, 0.1) is 6.92 Å². The second kappa shape index (κ2) is 4.47. The van der Waals surface area contributed by atoms with E-state index in [2.05, 4.69) is 45.1 Å². The van der Waals surface area contributed by atoms with Gasteiger partial charge in [-0.3, -0.25) is 0 Å². The first-order valence-corrected chi connectivity index (χ1v) is 7.23. The lowest BCUT2D eigenvalue weighted by atomic mass is 10.2. The molecule has 0 bridgehead atoms. The molecule has 102 valence electrons. The number of hydrogen-bond donors (Lipinski definition) is 0. The Morgan fingerprint density at radius 3 is 2.70 bits per heavy atom. The summed E-state index contributed by atoms with van der Waals surface area (Å²) in [5.41, 5.74) is 2.32. The van der Waals surface area contributed by atoms with Gasteiger partial charge >= 0.3 is 0 Å². The van der Waals surface area contributed by atoms with Crippen LogP contribution in [0.25, 0.3) is 22.5 Å². The number of aryl methyl sites for hydroxylation is 1. The Balaban J connectivity index is 1.96. The minimum absolute atomic E-state index is 0.553. The fraction of sp³-hybridized carbons (Fsp3) is 0.375. The summed E-state index contributed by atoms with van der Waals surface area (Å²) in [6.07, 6.45) is 5.08. The third-order valence-electron chi connectivity index (χ3n) is 4.18. The van der Waals surface area contributed by atoms with Crippen LogP contribution in [0.4, 0.5) is 0 Å². The fourth-order valence-electron chi connectivity index (χ4n) is 3.30. The molecular weight excluding hydrogens is 250 g/mol. The van der Waals surface area contributed by atoms with Crippen LogP contribution in [-0.4, -0.2) is 14.8 Å². The third kappa shape index (κ3) is 1.75. The van der Waals surface area contributed by atoms with Crippen LogP contribution in [-0.2, 0) is 0 Å². The molecule has 4 rings (SSSR count). The Labute approximate surface area is 117 Å².